The third-order valence-corrected chi connectivity index (χ3v) is 6.67. The monoisotopic (exact) mass is 417 g/mol. The lowest BCUT2D eigenvalue weighted by molar-refractivity contribution is 0.171. The highest BCUT2D eigenvalue weighted by atomic mass is 35.5. The van der Waals surface area contributed by atoms with Crippen LogP contribution < -0.4 is 10.9 Å². The number of aliphatic hydroxyl groups excluding tert-OH is 1. The van der Waals surface area contributed by atoms with Crippen molar-refractivity contribution in [1.82, 2.24) is 14.9 Å². The smallest absolute Gasteiger partial charge is 0.262 e. The predicted molar refractivity (Wildman–Crippen MR) is 115 cm³/mol. The molecule has 7 heteroatoms. The van der Waals surface area contributed by atoms with Crippen molar-refractivity contribution in [3.8, 4) is 0 Å². The van der Waals surface area contributed by atoms with E-state index in [-0.39, 0.29) is 17.7 Å². The molecule has 1 atom stereocenters. The van der Waals surface area contributed by atoms with E-state index in [0.717, 1.165) is 40.6 Å². The first-order valence-electron chi connectivity index (χ1n) is 9.49. The summed E-state index contributed by atoms with van der Waals surface area (Å²) in [5, 5.41) is 14.5. The van der Waals surface area contributed by atoms with Crippen molar-refractivity contribution < 1.29 is 5.11 Å². The molecule has 2 heterocycles. The number of nitrogens with zero attached hydrogens (tertiary/aromatic N) is 2. The molecule has 0 aliphatic heterocycles. The molecule has 0 fully saturated rings. The summed E-state index contributed by atoms with van der Waals surface area (Å²) in [5.41, 5.74) is 1.85. The van der Waals surface area contributed by atoms with Crippen molar-refractivity contribution >= 4 is 33.2 Å². The molecule has 0 saturated heterocycles. The fraction of sp³-hybridized carbons (Fsp3) is 0.429. The SMILES string of the molecule is CC(C)(CO)NC1CCc2c(sc3ncn(Cc4cccc(Cl)c4)c(=O)c23)C1. The number of aryl methyl sites for hydroxylation is 1. The van der Waals surface area contributed by atoms with E-state index in [1.807, 2.05) is 38.1 Å². The van der Waals surface area contributed by atoms with Crippen molar-refractivity contribution in [2.24, 2.45) is 0 Å². The quantitative estimate of drug-likeness (QED) is 0.667. The van der Waals surface area contributed by atoms with Gasteiger partial charge >= 0.3 is 0 Å². The Morgan fingerprint density at radius 1 is 1.43 bits per heavy atom. The maximum Gasteiger partial charge on any atom is 0.262 e. The van der Waals surface area contributed by atoms with Crippen LogP contribution in [-0.4, -0.2) is 32.8 Å². The molecule has 3 aromatic rings. The van der Waals surface area contributed by atoms with Crippen LogP contribution in [0.15, 0.2) is 35.4 Å². The molecular formula is C21H24ClN3O2S. The zero-order valence-electron chi connectivity index (χ0n) is 16.0. The van der Waals surface area contributed by atoms with Crippen LogP contribution >= 0.6 is 22.9 Å². The summed E-state index contributed by atoms with van der Waals surface area (Å²) in [6.07, 6.45) is 4.31. The Labute approximate surface area is 173 Å². The number of thiophene rings is 1. The number of aliphatic hydroxyl groups is 1. The van der Waals surface area contributed by atoms with Crippen molar-refractivity contribution in [2.45, 2.75) is 51.2 Å². The van der Waals surface area contributed by atoms with Gasteiger partial charge in [0, 0.05) is 21.5 Å². The van der Waals surface area contributed by atoms with Crippen LogP contribution in [0.3, 0.4) is 0 Å². The highest BCUT2D eigenvalue weighted by Gasteiger charge is 2.28. The number of rotatable bonds is 5. The van der Waals surface area contributed by atoms with Crippen molar-refractivity contribution in [3.05, 3.63) is 62.0 Å². The van der Waals surface area contributed by atoms with E-state index in [1.165, 1.54) is 4.88 Å². The molecule has 2 N–H and O–H groups in total. The van der Waals surface area contributed by atoms with E-state index < -0.39 is 0 Å². The third kappa shape index (κ3) is 3.87. The van der Waals surface area contributed by atoms with Crippen molar-refractivity contribution in [2.75, 3.05) is 6.61 Å². The van der Waals surface area contributed by atoms with E-state index in [4.69, 9.17) is 11.6 Å². The van der Waals surface area contributed by atoms with E-state index in [9.17, 15) is 9.90 Å². The molecule has 2 aromatic heterocycles. The normalized spacial score (nSPS) is 17.1. The molecule has 1 unspecified atom stereocenters. The van der Waals surface area contributed by atoms with Gasteiger partial charge in [-0.15, -0.1) is 11.3 Å². The summed E-state index contributed by atoms with van der Waals surface area (Å²) in [4.78, 5) is 19.8. The van der Waals surface area contributed by atoms with Crippen LogP contribution in [0.4, 0.5) is 0 Å². The Morgan fingerprint density at radius 2 is 2.25 bits per heavy atom. The Hall–Kier alpha value is -1.73. The van der Waals surface area contributed by atoms with Crippen LogP contribution in [0.5, 0.6) is 0 Å². The van der Waals surface area contributed by atoms with E-state index in [2.05, 4.69) is 10.3 Å². The summed E-state index contributed by atoms with van der Waals surface area (Å²) < 4.78 is 1.67. The highest BCUT2D eigenvalue weighted by molar-refractivity contribution is 7.18. The summed E-state index contributed by atoms with van der Waals surface area (Å²) in [7, 11) is 0. The molecule has 1 aromatic carbocycles. The molecule has 28 heavy (non-hydrogen) atoms. The van der Waals surface area contributed by atoms with Gasteiger partial charge in [-0.3, -0.25) is 9.36 Å². The first-order valence-corrected chi connectivity index (χ1v) is 10.7. The summed E-state index contributed by atoms with van der Waals surface area (Å²) in [5.74, 6) is 0. The van der Waals surface area contributed by atoms with Gasteiger partial charge in [-0.25, -0.2) is 4.98 Å². The highest BCUT2D eigenvalue weighted by Crippen LogP contribution is 2.34. The maximum atomic E-state index is 13.2. The standard InChI is InChI=1S/C21H24ClN3O2S/c1-21(2,11-26)24-15-6-7-16-17(9-15)28-19-18(16)20(27)25(12-23-19)10-13-4-3-5-14(22)8-13/h3-5,8,12,15,24,26H,6-7,9-11H2,1-2H3. The minimum atomic E-state index is -0.305. The number of fused-ring (bicyclic) bond motifs is 3. The number of hydrogen-bond donors (Lipinski definition) is 2. The van der Waals surface area contributed by atoms with E-state index >= 15 is 0 Å². The lowest BCUT2D eigenvalue weighted by Gasteiger charge is -2.32. The molecular weight excluding hydrogens is 394 g/mol. The Balaban J connectivity index is 1.65. The lowest BCUT2D eigenvalue weighted by Crippen LogP contribution is -2.50. The second-order valence-electron chi connectivity index (χ2n) is 8.12. The largest absolute Gasteiger partial charge is 0.394 e. The van der Waals surface area contributed by atoms with Crippen LogP contribution in [0.25, 0.3) is 10.2 Å². The average molecular weight is 418 g/mol. The summed E-state index contributed by atoms with van der Waals surface area (Å²) in [6.45, 7) is 4.56. The van der Waals surface area contributed by atoms with Gasteiger partial charge in [-0.1, -0.05) is 23.7 Å². The van der Waals surface area contributed by atoms with Gasteiger partial charge in [-0.2, -0.15) is 0 Å². The molecule has 1 aliphatic rings. The minimum Gasteiger partial charge on any atom is -0.394 e. The van der Waals surface area contributed by atoms with Crippen LogP contribution in [0, 0.1) is 0 Å². The molecule has 4 rings (SSSR count). The number of aromatic nitrogens is 2. The molecule has 0 spiro atoms. The molecule has 0 amide bonds. The van der Waals surface area contributed by atoms with E-state index in [0.29, 0.717) is 17.6 Å². The van der Waals surface area contributed by atoms with Crippen molar-refractivity contribution in [1.29, 1.82) is 0 Å². The van der Waals surface area contributed by atoms with Crippen LogP contribution in [-0.2, 0) is 19.4 Å². The summed E-state index contributed by atoms with van der Waals surface area (Å²) >= 11 is 7.69. The molecule has 0 saturated carbocycles. The second kappa shape index (κ2) is 7.59. The fourth-order valence-electron chi connectivity index (χ4n) is 3.87. The number of nitrogens with one attached hydrogen (secondary N) is 1. The first-order chi connectivity index (χ1) is 13.4. The molecule has 0 radical (unpaired) electrons. The molecule has 148 valence electrons. The average Bonchev–Trinajstić information content (AvgIpc) is 3.02. The topological polar surface area (TPSA) is 67.2 Å². The third-order valence-electron chi connectivity index (χ3n) is 5.27. The second-order valence-corrected chi connectivity index (χ2v) is 9.64. The van der Waals surface area contributed by atoms with Crippen molar-refractivity contribution in [3.63, 3.8) is 0 Å². The Bertz CT molecular complexity index is 1070. The van der Waals surface area contributed by atoms with Crippen LogP contribution in [0.1, 0.15) is 36.3 Å². The van der Waals surface area contributed by atoms with Gasteiger partial charge in [0.2, 0.25) is 0 Å². The van der Waals surface area contributed by atoms with E-state index in [1.54, 1.807) is 22.2 Å². The van der Waals surface area contributed by atoms with Gasteiger partial charge in [0.15, 0.2) is 0 Å². The molecule has 1 aliphatic carbocycles. The van der Waals surface area contributed by atoms with Gasteiger partial charge in [0.25, 0.3) is 5.56 Å². The molecule has 5 nitrogen and oxygen atoms in total. The number of halogens is 1. The first kappa shape index (κ1) is 19.6. The minimum absolute atomic E-state index is 0.0181. The van der Waals surface area contributed by atoms with Gasteiger partial charge < -0.3 is 10.4 Å². The van der Waals surface area contributed by atoms with Gasteiger partial charge in [0.1, 0.15) is 4.83 Å². The maximum absolute atomic E-state index is 13.2. The lowest BCUT2D eigenvalue weighted by atomic mass is 9.91. The van der Waals surface area contributed by atoms with Gasteiger partial charge in [-0.05, 0) is 56.4 Å². The molecule has 0 bridgehead atoms. The number of hydrogen-bond acceptors (Lipinski definition) is 5. The zero-order chi connectivity index (χ0) is 19.9. The zero-order valence-corrected chi connectivity index (χ0v) is 17.6. The Morgan fingerprint density at radius 3 is 3.00 bits per heavy atom. The predicted octanol–water partition coefficient (Wildman–Crippen LogP) is 3.38. The van der Waals surface area contributed by atoms with Crippen LogP contribution in [0.2, 0.25) is 5.02 Å². The fourth-order valence-corrected chi connectivity index (χ4v) is 5.34. The Kier molecular flexibility index (Phi) is 5.31. The summed E-state index contributed by atoms with van der Waals surface area (Å²) in [6, 6.07) is 7.86. The van der Waals surface area contributed by atoms with Gasteiger partial charge in [0.05, 0.1) is 24.9 Å². The number of benzene rings is 1.